The molecule has 0 spiro atoms. The molecule has 0 radical (unpaired) electrons. The summed E-state index contributed by atoms with van der Waals surface area (Å²) >= 11 is 0. The van der Waals surface area contributed by atoms with Crippen molar-refractivity contribution in [3.8, 4) is 0 Å². The Kier molecular flexibility index (Phi) is 9.61. The van der Waals surface area contributed by atoms with E-state index >= 15 is 0 Å². The first-order valence-electron chi connectivity index (χ1n) is 11.4. The average molecular weight is 388 g/mol. The number of aryl methyl sites for hydroxylation is 1. The largest absolute Gasteiger partial charge is 0.531 e. The van der Waals surface area contributed by atoms with Gasteiger partial charge in [0, 0.05) is 17.6 Å². The molecule has 152 valence electrons. The second-order valence-electron chi connectivity index (χ2n) is 8.84. The van der Waals surface area contributed by atoms with Crippen LogP contribution in [0.25, 0.3) is 0 Å². The summed E-state index contributed by atoms with van der Waals surface area (Å²) in [5.74, 6) is 0.910. The Morgan fingerprint density at radius 2 is 1.52 bits per heavy atom. The molecule has 0 bridgehead atoms. The van der Waals surface area contributed by atoms with Crippen molar-refractivity contribution in [2.75, 3.05) is 6.54 Å². The molecule has 27 heavy (non-hydrogen) atoms. The minimum absolute atomic E-state index is 0.593. The number of rotatable bonds is 12. The molecule has 0 saturated heterocycles. The Balaban J connectivity index is 1.74. The monoisotopic (exact) mass is 387 g/mol. The van der Waals surface area contributed by atoms with Crippen LogP contribution in [0.15, 0.2) is 29.3 Å². The van der Waals surface area contributed by atoms with Crippen LogP contribution in [0, 0.1) is 0 Å². The zero-order valence-corrected chi connectivity index (χ0v) is 19.2. The van der Waals surface area contributed by atoms with Crippen LogP contribution >= 0.6 is 0 Å². The molecule has 3 heteroatoms. The van der Waals surface area contributed by atoms with Crippen LogP contribution in [0.5, 0.6) is 0 Å². The lowest BCUT2D eigenvalue weighted by molar-refractivity contribution is 0.497. The lowest BCUT2D eigenvalue weighted by Gasteiger charge is -2.34. The number of aliphatic imine (C=N–C) groups is 1. The quantitative estimate of drug-likeness (QED) is 0.268. The van der Waals surface area contributed by atoms with Crippen molar-refractivity contribution in [2.24, 2.45) is 4.99 Å². The van der Waals surface area contributed by atoms with E-state index in [1.54, 1.807) is 0 Å². The highest BCUT2D eigenvalue weighted by atomic mass is 28.4. The van der Waals surface area contributed by atoms with Gasteiger partial charge in [-0.2, -0.15) is 0 Å². The zero-order chi connectivity index (χ0) is 19.5. The van der Waals surface area contributed by atoms with E-state index in [2.05, 4.69) is 51.2 Å². The van der Waals surface area contributed by atoms with E-state index in [-0.39, 0.29) is 0 Å². The molecule has 0 fully saturated rings. The van der Waals surface area contributed by atoms with Crippen molar-refractivity contribution < 1.29 is 4.43 Å². The molecule has 2 nitrogen and oxygen atoms in total. The summed E-state index contributed by atoms with van der Waals surface area (Å²) in [5.41, 5.74) is 3.24. The zero-order valence-electron chi connectivity index (χ0n) is 18.2. The Bertz CT molecular complexity index is 581. The van der Waals surface area contributed by atoms with Gasteiger partial charge >= 0.3 is 0 Å². The molecular weight excluding hydrogens is 346 g/mol. The molecule has 1 aliphatic heterocycles. The fourth-order valence-corrected chi connectivity index (χ4v) is 5.12. The number of benzene rings is 1. The fraction of sp³-hybridized carbons (Fsp3) is 0.708. The second-order valence-corrected chi connectivity index (χ2v) is 13.2. The summed E-state index contributed by atoms with van der Waals surface area (Å²) in [6, 6.07) is 8.74. The summed E-state index contributed by atoms with van der Waals surface area (Å²) < 4.78 is 6.40. The highest BCUT2D eigenvalue weighted by Gasteiger charge is 2.36. The van der Waals surface area contributed by atoms with Gasteiger partial charge in [0.1, 0.15) is 0 Å². The standard InChI is InChI=1S/C24H41NOSi/c1-5-6-7-8-9-10-11-12-13-14-17-22-18-15-16-19-23(22)24-25-20-21(2)27(3,4)26-24/h15-16,18-19,21H,5-14,17,20H2,1-4H3. The predicted molar refractivity (Wildman–Crippen MR) is 121 cm³/mol. The van der Waals surface area contributed by atoms with E-state index in [0.29, 0.717) is 5.54 Å². The van der Waals surface area contributed by atoms with Crippen molar-refractivity contribution in [1.29, 1.82) is 0 Å². The van der Waals surface area contributed by atoms with Gasteiger partial charge in [-0.25, -0.2) is 0 Å². The van der Waals surface area contributed by atoms with Gasteiger partial charge in [0.15, 0.2) is 0 Å². The molecule has 0 aromatic heterocycles. The third-order valence-corrected chi connectivity index (χ3v) is 9.38. The van der Waals surface area contributed by atoms with E-state index in [1.807, 2.05) is 0 Å². The normalized spacial score (nSPS) is 18.8. The van der Waals surface area contributed by atoms with E-state index < -0.39 is 8.32 Å². The summed E-state index contributed by atoms with van der Waals surface area (Å²) in [4.78, 5) is 4.77. The van der Waals surface area contributed by atoms with Gasteiger partial charge in [-0.15, -0.1) is 0 Å². The molecule has 1 unspecified atom stereocenters. The van der Waals surface area contributed by atoms with E-state index in [4.69, 9.17) is 9.42 Å². The van der Waals surface area contributed by atoms with Crippen molar-refractivity contribution >= 4 is 14.2 Å². The van der Waals surface area contributed by atoms with Gasteiger partial charge in [-0.05, 0) is 37.6 Å². The number of hydrogen-bond donors (Lipinski definition) is 0. The van der Waals surface area contributed by atoms with Crippen molar-refractivity contribution in [1.82, 2.24) is 0 Å². The molecule has 1 aromatic carbocycles. The van der Waals surface area contributed by atoms with Crippen LogP contribution in [0.4, 0.5) is 0 Å². The molecule has 1 atom stereocenters. The molecule has 0 N–H and O–H groups in total. The minimum atomic E-state index is -1.66. The fourth-order valence-electron chi connectivity index (χ4n) is 3.71. The molecule has 1 heterocycles. The van der Waals surface area contributed by atoms with E-state index in [9.17, 15) is 0 Å². The van der Waals surface area contributed by atoms with Gasteiger partial charge in [0.2, 0.25) is 5.90 Å². The topological polar surface area (TPSA) is 21.6 Å². The average Bonchev–Trinajstić information content (AvgIpc) is 2.66. The maximum atomic E-state index is 6.40. The van der Waals surface area contributed by atoms with Gasteiger partial charge in [-0.3, -0.25) is 4.99 Å². The molecule has 0 amide bonds. The summed E-state index contributed by atoms with van der Waals surface area (Å²) in [7, 11) is -1.66. The third-order valence-electron chi connectivity index (χ3n) is 6.10. The van der Waals surface area contributed by atoms with Crippen LogP contribution in [-0.2, 0) is 10.8 Å². The van der Waals surface area contributed by atoms with Gasteiger partial charge in [0.05, 0.1) is 0 Å². The maximum absolute atomic E-state index is 6.40. The Labute approximate surface area is 169 Å². The summed E-state index contributed by atoms with van der Waals surface area (Å²) in [6.45, 7) is 10.1. The highest BCUT2D eigenvalue weighted by Crippen LogP contribution is 2.29. The van der Waals surface area contributed by atoms with Crippen LogP contribution in [0.3, 0.4) is 0 Å². The van der Waals surface area contributed by atoms with Crippen LogP contribution < -0.4 is 0 Å². The molecule has 1 aliphatic rings. The Morgan fingerprint density at radius 3 is 2.15 bits per heavy atom. The Morgan fingerprint density at radius 1 is 0.926 bits per heavy atom. The molecule has 0 aliphatic carbocycles. The smallest absolute Gasteiger partial charge is 0.251 e. The minimum Gasteiger partial charge on any atom is -0.531 e. The SMILES string of the molecule is CCCCCCCCCCCCc1ccccc1C1=NCC(C)[Si](C)(C)O1. The predicted octanol–water partition coefficient (Wildman–Crippen LogP) is 7.52. The van der Waals surface area contributed by atoms with Crippen LogP contribution in [-0.4, -0.2) is 20.8 Å². The third kappa shape index (κ3) is 7.44. The van der Waals surface area contributed by atoms with Crippen molar-refractivity contribution in [2.45, 2.75) is 103 Å². The van der Waals surface area contributed by atoms with Gasteiger partial charge in [-0.1, -0.05) is 89.8 Å². The van der Waals surface area contributed by atoms with E-state index in [1.165, 1.54) is 75.3 Å². The molecule has 1 aromatic rings. The first-order chi connectivity index (χ1) is 13.0. The highest BCUT2D eigenvalue weighted by molar-refractivity contribution is 6.74. The first-order valence-corrected chi connectivity index (χ1v) is 14.3. The Hall–Kier alpha value is -1.09. The lowest BCUT2D eigenvalue weighted by Crippen LogP contribution is -2.42. The molecule has 0 saturated carbocycles. The number of hydrogen-bond acceptors (Lipinski definition) is 2. The lowest BCUT2D eigenvalue weighted by atomic mass is 10.00. The molecular formula is C24H41NOSi. The summed E-state index contributed by atoms with van der Waals surface area (Å²) in [5, 5.41) is 0. The van der Waals surface area contributed by atoms with Crippen LogP contribution in [0.1, 0.15) is 89.2 Å². The maximum Gasteiger partial charge on any atom is 0.251 e. The summed E-state index contributed by atoms with van der Waals surface area (Å²) in [6.07, 6.45) is 15.0. The van der Waals surface area contributed by atoms with Gasteiger partial charge < -0.3 is 4.43 Å². The van der Waals surface area contributed by atoms with Crippen molar-refractivity contribution in [3.05, 3.63) is 35.4 Å². The second kappa shape index (κ2) is 11.7. The molecule has 2 rings (SSSR count). The number of nitrogens with zero attached hydrogens (tertiary/aromatic N) is 1. The van der Waals surface area contributed by atoms with E-state index in [0.717, 1.165) is 18.9 Å². The van der Waals surface area contributed by atoms with Gasteiger partial charge in [0.25, 0.3) is 8.32 Å². The van der Waals surface area contributed by atoms with Crippen molar-refractivity contribution in [3.63, 3.8) is 0 Å². The first kappa shape index (κ1) is 22.2. The van der Waals surface area contributed by atoms with Crippen LogP contribution in [0.2, 0.25) is 18.6 Å². The number of unbranched alkanes of at least 4 members (excludes halogenated alkanes) is 9.